The van der Waals surface area contributed by atoms with E-state index >= 15 is 0 Å². The highest BCUT2D eigenvalue weighted by Gasteiger charge is 2.09. The quantitative estimate of drug-likeness (QED) is 0.863. The van der Waals surface area contributed by atoms with Gasteiger partial charge in [0.1, 0.15) is 5.82 Å². The largest absolute Gasteiger partial charge is 0.330 e. The molecular formula is C12H18ClFN2. The van der Waals surface area contributed by atoms with Gasteiger partial charge in [0.25, 0.3) is 0 Å². The number of hydrogen-bond acceptors (Lipinski definition) is 2. The van der Waals surface area contributed by atoms with Gasteiger partial charge < -0.3 is 5.73 Å². The molecule has 0 aliphatic rings. The summed E-state index contributed by atoms with van der Waals surface area (Å²) in [7, 11) is 2.03. The molecule has 1 unspecified atom stereocenters. The fourth-order valence-electron chi connectivity index (χ4n) is 1.54. The SMILES string of the molecule is CC(CCN)N(C)Cc1ccc(F)c(Cl)c1. The zero-order chi connectivity index (χ0) is 12.1. The van der Waals surface area contributed by atoms with E-state index in [-0.39, 0.29) is 10.8 Å². The van der Waals surface area contributed by atoms with Crippen LogP contribution in [0.25, 0.3) is 0 Å². The Balaban J connectivity index is 2.62. The van der Waals surface area contributed by atoms with Gasteiger partial charge in [0, 0.05) is 12.6 Å². The Bertz CT molecular complexity index is 344. The van der Waals surface area contributed by atoms with E-state index in [1.54, 1.807) is 12.1 Å². The minimum absolute atomic E-state index is 0.178. The van der Waals surface area contributed by atoms with Gasteiger partial charge in [-0.3, -0.25) is 4.90 Å². The molecule has 0 bridgehead atoms. The van der Waals surface area contributed by atoms with Crippen molar-refractivity contribution in [1.82, 2.24) is 4.90 Å². The third kappa shape index (κ3) is 3.74. The summed E-state index contributed by atoms with van der Waals surface area (Å²) in [5, 5.41) is 0.178. The maximum absolute atomic E-state index is 13.0. The van der Waals surface area contributed by atoms with Crippen LogP contribution in [0.3, 0.4) is 0 Å². The summed E-state index contributed by atoms with van der Waals surface area (Å²) < 4.78 is 13.0. The second-order valence-corrected chi connectivity index (χ2v) is 4.50. The molecule has 1 rings (SSSR count). The first-order valence-corrected chi connectivity index (χ1v) is 5.76. The number of benzene rings is 1. The number of nitrogens with zero attached hydrogens (tertiary/aromatic N) is 1. The molecule has 0 aliphatic carbocycles. The first kappa shape index (κ1) is 13.4. The minimum atomic E-state index is -0.372. The van der Waals surface area contributed by atoms with Crippen LogP contribution >= 0.6 is 11.6 Å². The molecule has 0 aromatic heterocycles. The Morgan fingerprint density at radius 3 is 2.75 bits per heavy atom. The van der Waals surface area contributed by atoms with Crippen LogP contribution in [-0.2, 0) is 6.54 Å². The van der Waals surface area contributed by atoms with E-state index in [1.165, 1.54) is 6.07 Å². The molecule has 2 nitrogen and oxygen atoms in total. The lowest BCUT2D eigenvalue weighted by Crippen LogP contribution is -2.30. The Morgan fingerprint density at radius 2 is 2.19 bits per heavy atom. The van der Waals surface area contributed by atoms with E-state index in [0.29, 0.717) is 12.6 Å². The number of halogens is 2. The van der Waals surface area contributed by atoms with Crippen molar-refractivity contribution in [2.75, 3.05) is 13.6 Å². The van der Waals surface area contributed by atoms with Gasteiger partial charge in [-0.05, 0) is 44.6 Å². The Kier molecular flexibility index (Phi) is 5.19. The lowest BCUT2D eigenvalue weighted by molar-refractivity contribution is 0.240. The van der Waals surface area contributed by atoms with Gasteiger partial charge in [0.2, 0.25) is 0 Å². The molecule has 0 saturated carbocycles. The maximum Gasteiger partial charge on any atom is 0.141 e. The van der Waals surface area contributed by atoms with Gasteiger partial charge in [-0.2, -0.15) is 0 Å². The predicted octanol–water partition coefficient (Wildman–Crippen LogP) is 2.65. The maximum atomic E-state index is 13.0. The molecule has 1 aromatic carbocycles. The zero-order valence-corrected chi connectivity index (χ0v) is 10.5. The summed E-state index contributed by atoms with van der Waals surface area (Å²) in [4.78, 5) is 2.18. The zero-order valence-electron chi connectivity index (χ0n) is 9.71. The summed E-state index contributed by atoms with van der Waals surface area (Å²) in [5.74, 6) is -0.372. The molecule has 0 heterocycles. The van der Waals surface area contributed by atoms with Gasteiger partial charge >= 0.3 is 0 Å². The van der Waals surface area contributed by atoms with E-state index in [9.17, 15) is 4.39 Å². The van der Waals surface area contributed by atoms with Crippen LogP contribution in [0.2, 0.25) is 5.02 Å². The molecule has 16 heavy (non-hydrogen) atoms. The first-order valence-electron chi connectivity index (χ1n) is 5.39. The van der Waals surface area contributed by atoms with Gasteiger partial charge in [-0.25, -0.2) is 4.39 Å². The summed E-state index contributed by atoms with van der Waals surface area (Å²) in [6, 6.07) is 5.24. The van der Waals surface area contributed by atoms with Crippen molar-refractivity contribution in [3.63, 3.8) is 0 Å². The molecule has 1 atom stereocenters. The smallest absolute Gasteiger partial charge is 0.141 e. The van der Waals surface area contributed by atoms with Crippen molar-refractivity contribution in [3.05, 3.63) is 34.6 Å². The fraction of sp³-hybridized carbons (Fsp3) is 0.500. The van der Waals surface area contributed by atoms with Gasteiger partial charge in [-0.15, -0.1) is 0 Å². The average Bonchev–Trinajstić information content (AvgIpc) is 2.24. The van der Waals surface area contributed by atoms with E-state index in [0.717, 1.165) is 18.5 Å². The predicted molar refractivity (Wildman–Crippen MR) is 66.0 cm³/mol. The van der Waals surface area contributed by atoms with Crippen molar-refractivity contribution in [1.29, 1.82) is 0 Å². The Hall–Kier alpha value is -0.640. The Labute approximate surface area is 101 Å². The van der Waals surface area contributed by atoms with Crippen molar-refractivity contribution in [2.24, 2.45) is 5.73 Å². The summed E-state index contributed by atoms with van der Waals surface area (Å²) in [6.45, 7) is 3.55. The fourth-order valence-corrected chi connectivity index (χ4v) is 1.75. The average molecular weight is 245 g/mol. The normalized spacial score (nSPS) is 13.1. The van der Waals surface area contributed by atoms with Crippen LogP contribution in [0.5, 0.6) is 0 Å². The molecule has 0 aliphatic heterocycles. The topological polar surface area (TPSA) is 29.3 Å². The highest BCUT2D eigenvalue weighted by Crippen LogP contribution is 2.17. The number of rotatable bonds is 5. The van der Waals surface area contributed by atoms with E-state index < -0.39 is 0 Å². The summed E-state index contributed by atoms with van der Waals surface area (Å²) >= 11 is 5.72. The lowest BCUT2D eigenvalue weighted by atomic mass is 10.1. The molecule has 0 amide bonds. The molecule has 2 N–H and O–H groups in total. The van der Waals surface area contributed by atoms with Crippen LogP contribution < -0.4 is 5.73 Å². The van der Waals surface area contributed by atoms with Crippen molar-refractivity contribution in [3.8, 4) is 0 Å². The second kappa shape index (κ2) is 6.18. The number of hydrogen-bond donors (Lipinski definition) is 1. The molecular weight excluding hydrogens is 227 g/mol. The molecule has 4 heteroatoms. The van der Waals surface area contributed by atoms with Crippen molar-refractivity contribution in [2.45, 2.75) is 25.9 Å². The lowest BCUT2D eigenvalue weighted by Gasteiger charge is -2.24. The van der Waals surface area contributed by atoms with Crippen LogP contribution in [0, 0.1) is 5.82 Å². The minimum Gasteiger partial charge on any atom is -0.330 e. The molecule has 1 aromatic rings. The van der Waals surface area contributed by atoms with E-state index in [4.69, 9.17) is 17.3 Å². The van der Waals surface area contributed by atoms with Crippen LogP contribution in [0.4, 0.5) is 4.39 Å². The van der Waals surface area contributed by atoms with Crippen LogP contribution in [0.15, 0.2) is 18.2 Å². The highest BCUT2D eigenvalue weighted by atomic mass is 35.5. The monoisotopic (exact) mass is 244 g/mol. The summed E-state index contributed by atoms with van der Waals surface area (Å²) in [6.07, 6.45) is 0.950. The molecule has 0 saturated heterocycles. The first-order chi connectivity index (χ1) is 7.54. The van der Waals surface area contributed by atoms with Gasteiger partial charge in [0.05, 0.1) is 5.02 Å². The second-order valence-electron chi connectivity index (χ2n) is 4.09. The highest BCUT2D eigenvalue weighted by molar-refractivity contribution is 6.30. The van der Waals surface area contributed by atoms with Crippen molar-refractivity contribution >= 4 is 11.6 Å². The molecule has 90 valence electrons. The van der Waals surface area contributed by atoms with E-state index in [1.807, 2.05) is 7.05 Å². The summed E-state index contributed by atoms with van der Waals surface area (Å²) in [5.41, 5.74) is 6.52. The third-order valence-corrected chi connectivity index (χ3v) is 3.04. The Morgan fingerprint density at radius 1 is 1.50 bits per heavy atom. The molecule has 0 spiro atoms. The molecule has 0 radical (unpaired) electrons. The number of nitrogens with two attached hydrogens (primary N) is 1. The molecule has 0 fully saturated rings. The third-order valence-electron chi connectivity index (χ3n) is 2.75. The van der Waals surface area contributed by atoms with Crippen LogP contribution in [0.1, 0.15) is 18.9 Å². The van der Waals surface area contributed by atoms with Crippen molar-refractivity contribution < 1.29 is 4.39 Å². The van der Waals surface area contributed by atoms with Crippen LogP contribution in [-0.4, -0.2) is 24.5 Å². The standard InChI is InChI=1S/C12H18ClFN2/c1-9(5-6-15)16(2)8-10-3-4-12(14)11(13)7-10/h3-4,7,9H,5-6,8,15H2,1-2H3. The van der Waals surface area contributed by atoms with Gasteiger partial charge in [-0.1, -0.05) is 17.7 Å². The van der Waals surface area contributed by atoms with E-state index in [2.05, 4.69) is 11.8 Å². The van der Waals surface area contributed by atoms with Gasteiger partial charge in [0.15, 0.2) is 0 Å².